The number of thiophene rings is 1. The van der Waals surface area contributed by atoms with Crippen LogP contribution in [0.2, 0.25) is 0 Å². The smallest absolute Gasteiger partial charge is 0.144 e. The number of nitrogens with zero attached hydrogens (tertiary/aromatic N) is 2. The first-order chi connectivity index (χ1) is 8.74. The Labute approximate surface area is 119 Å². The Morgan fingerprint density at radius 1 is 1.44 bits per heavy atom. The van der Waals surface area contributed by atoms with E-state index in [0.717, 1.165) is 28.2 Å². The molecule has 0 aromatic carbocycles. The summed E-state index contributed by atoms with van der Waals surface area (Å²) in [6.45, 7) is 0.467. The molecule has 2 rings (SSSR count). The standard InChI is InChI=1S/C12H14BrN3OS/c1-14-12-11(13)9(7-17-2)15-10(16-12)6-8-4-3-5-18-8/h3-5H,6-7H2,1-2H3,(H,14,15,16). The lowest BCUT2D eigenvalue weighted by Gasteiger charge is -2.10. The second-order valence-electron chi connectivity index (χ2n) is 3.69. The highest BCUT2D eigenvalue weighted by Gasteiger charge is 2.11. The minimum Gasteiger partial charge on any atom is -0.378 e. The van der Waals surface area contributed by atoms with E-state index in [-0.39, 0.29) is 0 Å². The molecular weight excluding hydrogens is 314 g/mol. The predicted molar refractivity (Wildman–Crippen MR) is 77.1 cm³/mol. The molecule has 4 nitrogen and oxygen atoms in total. The van der Waals surface area contributed by atoms with Crippen LogP contribution in [-0.2, 0) is 17.8 Å². The Morgan fingerprint density at radius 2 is 2.28 bits per heavy atom. The number of aromatic nitrogens is 2. The van der Waals surface area contributed by atoms with E-state index in [9.17, 15) is 0 Å². The van der Waals surface area contributed by atoms with Gasteiger partial charge >= 0.3 is 0 Å². The molecule has 0 saturated heterocycles. The van der Waals surface area contributed by atoms with E-state index in [1.165, 1.54) is 4.88 Å². The molecule has 0 radical (unpaired) electrons. The summed E-state index contributed by atoms with van der Waals surface area (Å²) in [5.74, 6) is 1.60. The molecule has 18 heavy (non-hydrogen) atoms. The fourth-order valence-corrected chi connectivity index (χ4v) is 2.78. The van der Waals surface area contributed by atoms with Crippen molar-refractivity contribution in [1.29, 1.82) is 0 Å². The lowest BCUT2D eigenvalue weighted by molar-refractivity contribution is 0.180. The van der Waals surface area contributed by atoms with Crippen LogP contribution in [0.25, 0.3) is 0 Å². The summed E-state index contributed by atoms with van der Waals surface area (Å²) >= 11 is 5.20. The van der Waals surface area contributed by atoms with Gasteiger partial charge in [0.1, 0.15) is 11.6 Å². The Morgan fingerprint density at radius 3 is 2.89 bits per heavy atom. The Bertz CT molecular complexity index is 516. The zero-order chi connectivity index (χ0) is 13.0. The first-order valence-corrected chi connectivity index (χ1v) is 7.16. The summed E-state index contributed by atoms with van der Waals surface area (Å²) in [5, 5.41) is 5.12. The molecule has 0 spiro atoms. The number of anilines is 1. The van der Waals surface area contributed by atoms with E-state index in [4.69, 9.17) is 4.74 Å². The fourth-order valence-electron chi connectivity index (χ4n) is 1.59. The third kappa shape index (κ3) is 3.07. The van der Waals surface area contributed by atoms with Crippen LogP contribution < -0.4 is 5.32 Å². The number of nitrogens with one attached hydrogen (secondary N) is 1. The predicted octanol–water partition coefficient (Wildman–Crippen LogP) is 3.08. The van der Waals surface area contributed by atoms with Gasteiger partial charge in [-0.15, -0.1) is 11.3 Å². The van der Waals surface area contributed by atoms with Crippen molar-refractivity contribution in [1.82, 2.24) is 9.97 Å². The zero-order valence-corrected chi connectivity index (χ0v) is 12.6. The summed E-state index contributed by atoms with van der Waals surface area (Å²) in [4.78, 5) is 10.3. The fraction of sp³-hybridized carbons (Fsp3) is 0.333. The maximum atomic E-state index is 5.15. The molecule has 2 heterocycles. The SMILES string of the molecule is CNc1nc(Cc2cccs2)nc(COC)c1Br. The van der Waals surface area contributed by atoms with Crippen molar-refractivity contribution >= 4 is 33.1 Å². The number of halogens is 1. The normalized spacial score (nSPS) is 10.6. The summed E-state index contributed by atoms with van der Waals surface area (Å²) in [6, 6.07) is 4.12. The first-order valence-electron chi connectivity index (χ1n) is 5.49. The van der Waals surface area contributed by atoms with Crippen LogP contribution in [-0.4, -0.2) is 24.1 Å². The van der Waals surface area contributed by atoms with Crippen LogP contribution in [0.5, 0.6) is 0 Å². The first kappa shape index (κ1) is 13.5. The van der Waals surface area contributed by atoms with Crippen molar-refractivity contribution in [3.8, 4) is 0 Å². The van der Waals surface area contributed by atoms with Crippen LogP contribution >= 0.6 is 27.3 Å². The molecule has 0 aliphatic carbocycles. The molecule has 2 aromatic rings. The largest absolute Gasteiger partial charge is 0.378 e. The van der Waals surface area contributed by atoms with Crippen molar-refractivity contribution in [2.75, 3.05) is 19.5 Å². The maximum Gasteiger partial charge on any atom is 0.144 e. The van der Waals surface area contributed by atoms with Gasteiger partial charge in [0.15, 0.2) is 0 Å². The average molecular weight is 328 g/mol. The number of methoxy groups -OCH3 is 1. The quantitative estimate of drug-likeness (QED) is 0.916. The molecule has 6 heteroatoms. The zero-order valence-electron chi connectivity index (χ0n) is 10.2. The van der Waals surface area contributed by atoms with Gasteiger partial charge in [-0.2, -0.15) is 0 Å². The number of ether oxygens (including phenoxy) is 1. The highest BCUT2D eigenvalue weighted by Crippen LogP contribution is 2.25. The lowest BCUT2D eigenvalue weighted by atomic mass is 10.3. The van der Waals surface area contributed by atoms with Crippen molar-refractivity contribution < 1.29 is 4.74 Å². The van der Waals surface area contributed by atoms with E-state index >= 15 is 0 Å². The van der Waals surface area contributed by atoms with Gasteiger partial charge in [0.05, 0.1) is 16.8 Å². The van der Waals surface area contributed by atoms with Crippen molar-refractivity contribution in [2.24, 2.45) is 0 Å². The maximum absolute atomic E-state index is 5.15. The second-order valence-corrected chi connectivity index (χ2v) is 5.51. The minimum atomic E-state index is 0.467. The van der Waals surface area contributed by atoms with E-state index < -0.39 is 0 Å². The summed E-state index contributed by atoms with van der Waals surface area (Å²) in [6.07, 6.45) is 0.746. The van der Waals surface area contributed by atoms with Crippen LogP contribution in [0.15, 0.2) is 22.0 Å². The van der Waals surface area contributed by atoms with Gasteiger partial charge in [-0.25, -0.2) is 9.97 Å². The molecule has 0 aliphatic heterocycles. The molecule has 0 amide bonds. The molecule has 96 valence electrons. The number of rotatable bonds is 5. The average Bonchev–Trinajstić information content (AvgIpc) is 2.86. The molecule has 0 fully saturated rings. The highest BCUT2D eigenvalue weighted by atomic mass is 79.9. The molecule has 0 aliphatic rings. The Hall–Kier alpha value is -0.980. The number of hydrogen-bond donors (Lipinski definition) is 1. The van der Waals surface area contributed by atoms with E-state index in [1.807, 2.05) is 13.1 Å². The molecular formula is C12H14BrN3OS. The summed E-state index contributed by atoms with van der Waals surface area (Å²) in [5.41, 5.74) is 0.864. The van der Waals surface area contributed by atoms with Crippen LogP contribution in [0.1, 0.15) is 16.4 Å². The van der Waals surface area contributed by atoms with Crippen molar-refractivity contribution in [3.05, 3.63) is 38.4 Å². The Kier molecular flexibility index (Phi) is 4.68. The minimum absolute atomic E-state index is 0.467. The summed E-state index contributed by atoms with van der Waals surface area (Å²) in [7, 11) is 3.51. The lowest BCUT2D eigenvalue weighted by Crippen LogP contribution is -2.06. The molecule has 0 saturated carbocycles. The van der Waals surface area contributed by atoms with Gasteiger partial charge < -0.3 is 10.1 Å². The molecule has 1 N–H and O–H groups in total. The van der Waals surface area contributed by atoms with E-state index in [1.54, 1.807) is 18.4 Å². The van der Waals surface area contributed by atoms with E-state index in [0.29, 0.717) is 6.61 Å². The number of hydrogen-bond acceptors (Lipinski definition) is 5. The third-order valence-corrected chi connectivity index (χ3v) is 4.11. The molecule has 0 unspecified atom stereocenters. The molecule has 2 aromatic heterocycles. The van der Waals surface area contributed by atoms with E-state index in [2.05, 4.69) is 42.7 Å². The monoisotopic (exact) mass is 327 g/mol. The topological polar surface area (TPSA) is 47.0 Å². The van der Waals surface area contributed by atoms with Gasteiger partial charge in [0.2, 0.25) is 0 Å². The van der Waals surface area contributed by atoms with Crippen LogP contribution in [0, 0.1) is 0 Å². The molecule has 0 bridgehead atoms. The van der Waals surface area contributed by atoms with Gasteiger partial charge in [-0.1, -0.05) is 6.07 Å². The second kappa shape index (κ2) is 6.26. The van der Waals surface area contributed by atoms with Gasteiger partial charge in [-0.05, 0) is 27.4 Å². The molecule has 0 atom stereocenters. The highest BCUT2D eigenvalue weighted by molar-refractivity contribution is 9.10. The third-order valence-electron chi connectivity index (χ3n) is 2.40. The van der Waals surface area contributed by atoms with Crippen molar-refractivity contribution in [2.45, 2.75) is 13.0 Å². The van der Waals surface area contributed by atoms with Crippen molar-refractivity contribution in [3.63, 3.8) is 0 Å². The van der Waals surface area contributed by atoms with Crippen LogP contribution in [0.3, 0.4) is 0 Å². The van der Waals surface area contributed by atoms with Crippen LogP contribution in [0.4, 0.5) is 5.82 Å². The van der Waals surface area contributed by atoms with Gasteiger partial charge in [-0.3, -0.25) is 0 Å². The van der Waals surface area contributed by atoms with Gasteiger partial charge in [0.25, 0.3) is 0 Å². The van der Waals surface area contributed by atoms with Gasteiger partial charge in [0, 0.05) is 25.5 Å². The summed E-state index contributed by atoms with van der Waals surface area (Å²) < 4.78 is 6.02. The Balaban J connectivity index is 2.32.